The van der Waals surface area contributed by atoms with Crippen molar-refractivity contribution in [2.24, 2.45) is 0 Å². The van der Waals surface area contributed by atoms with Crippen LogP contribution in [0, 0.1) is 0 Å². The van der Waals surface area contributed by atoms with Gasteiger partial charge in [0.05, 0.1) is 18.2 Å². The highest BCUT2D eigenvalue weighted by Gasteiger charge is 2.29. The molecule has 0 aliphatic carbocycles. The van der Waals surface area contributed by atoms with Crippen LogP contribution in [0.2, 0.25) is 0 Å². The number of carbonyl (C=O) groups is 1. The highest BCUT2D eigenvalue weighted by atomic mass is 19.4. The predicted molar refractivity (Wildman–Crippen MR) is 98.0 cm³/mol. The van der Waals surface area contributed by atoms with Crippen LogP contribution in [0.15, 0.2) is 67.3 Å². The molecule has 0 bridgehead atoms. The fourth-order valence-electron chi connectivity index (χ4n) is 2.63. The molecule has 1 atom stereocenters. The van der Waals surface area contributed by atoms with Crippen LogP contribution in [-0.2, 0) is 6.18 Å². The van der Waals surface area contributed by atoms with Gasteiger partial charge in [-0.1, -0.05) is 30.3 Å². The fraction of sp³-hybridized carbons (Fsp3) is 0.200. The highest BCUT2D eigenvalue weighted by molar-refractivity contribution is 5.92. The van der Waals surface area contributed by atoms with Gasteiger partial charge in [0.15, 0.2) is 0 Å². The summed E-state index contributed by atoms with van der Waals surface area (Å²) in [5, 5.41) is 2.92. The van der Waals surface area contributed by atoms with E-state index in [0.29, 0.717) is 18.7 Å². The molecular formula is C20H17F3N4O2. The summed E-state index contributed by atoms with van der Waals surface area (Å²) >= 11 is 0. The van der Waals surface area contributed by atoms with E-state index in [1.54, 1.807) is 18.3 Å². The summed E-state index contributed by atoms with van der Waals surface area (Å²) in [4.78, 5) is 24.0. The minimum Gasteiger partial charge on any atom is -0.491 e. The monoisotopic (exact) mass is 402 g/mol. The number of fused-ring (bicyclic) bond motifs is 1. The average Bonchev–Trinajstić information content (AvgIpc) is 2.75. The molecule has 29 heavy (non-hydrogen) atoms. The zero-order valence-corrected chi connectivity index (χ0v) is 15.1. The Kier molecular flexibility index (Phi) is 6.38. The first kappa shape index (κ1) is 20.2. The summed E-state index contributed by atoms with van der Waals surface area (Å²) in [5.41, 5.74) is 0.505. The summed E-state index contributed by atoms with van der Waals surface area (Å²) in [5.74, 6) is 0.493. The molecular weight excluding hydrogens is 385 g/mol. The van der Waals surface area contributed by atoms with Gasteiger partial charge in [-0.3, -0.25) is 9.78 Å². The van der Waals surface area contributed by atoms with E-state index in [1.165, 1.54) is 24.7 Å². The van der Waals surface area contributed by atoms with Gasteiger partial charge in [-0.2, -0.15) is 13.2 Å². The molecule has 4 rings (SSSR count). The number of amides is 1. The Bertz CT molecular complexity index is 937. The quantitative estimate of drug-likeness (QED) is 0.705. The van der Waals surface area contributed by atoms with Gasteiger partial charge < -0.3 is 10.1 Å². The van der Waals surface area contributed by atoms with E-state index in [9.17, 15) is 18.0 Å². The van der Waals surface area contributed by atoms with Crippen molar-refractivity contribution in [1.29, 1.82) is 0 Å². The van der Waals surface area contributed by atoms with Crippen molar-refractivity contribution < 1.29 is 22.7 Å². The van der Waals surface area contributed by atoms with Crippen LogP contribution < -0.4 is 10.1 Å². The summed E-state index contributed by atoms with van der Waals surface area (Å²) in [6.45, 7) is 0.563. The van der Waals surface area contributed by atoms with Gasteiger partial charge in [-0.25, -0.2) is 9.97 Å². The zero-order valence-electron chi connectivity index (χ0n) is 15.1. The molecule has 0 radical (unpaired) electrons. The van der Waals surface area contributed by atoms with Crippen LogP contribution in [0.25, 0.3) is 0 Å². The van der Waals surface area contributed by atoms with E-state index in [1.807, 2.05) is 12.1 Å². The lowest BCUT2D eigenvalue weighted by Gasteiger charge is -2.25. The topological polar surface area (TPSA) is 77.0 Å². The number of carbonyl (C=O) groups excluding carboxylic acids is 1. The van der Waals surface area contributed by atoms with Crippen molar-refractivity contribution in [1.82, 2.24) is 20.3 Å². The summed E-state index contributed by atoms with van der Waals surface area (Å²) in [7, 11) is 0. The van der Waals surface area contributed by atoms with E-state index in [-0.39, 0.29) is 11.9 Å². The maximum absolute atomic E-state index is 12.1. The summed E-state index contributed by atoms with van der Waals surface area (Å²) in [6.07, 6.45) is 1.07. The Morgan fingerprint density at radius 3 is 2.48 bits per heavy atom. The third-order valence-corrected chi connectivity index (χ3v) is 4.01. The van der Waals surface area contributed by atoms with E-state index in [0.717, 1.165) is 23.6 Å². The number of nitrogens with one attached hydrogen (secondary N) is 1. The van der Waals surface area contributed by atoms with Crippen molar-refractivity contribution in [3.63, 3.8) is 0 Å². The van der Waals surface area contributed by atoms with Gasteiger partial charge in [0.25, 0.3) is 5.91 Å². The van der Waals surface area contributed by atoms with E-state index >= 15 is 0 Å². The second-order valence-electron chi connectivity index (χ2n) is 6.01. The number of hydrogen-bond donors (Lipinski definition) is 1. The van der Waals surface area contributed by atoms with E-state index in [2.05, 4.69) is 20.3 Å². The molecule has 1 unspecified atom stereocenters. The number of pyridine rings is 1. The lowest BCUT2D eigenvalue weighted by molar-refractivity contribution is -0.137. The first-order valence-electron chi connectivity index (χ1n) is 8.72. The molecule has 0 spiro atoms. The number of rotatable bonds is 2. The standard InChI is InChI=1S/C13H12N4O2.C7H5F3/c18-13(10-3-6-14-8-16-10)17-9-4-7-19-11-2-1-5-15-12(9)11;8-7(9,10)6-4-2-1-3-5-6/h1-3,5-6,8-9H,4,7H2,(H,17,18);1-5H. The molecule has 1 aliphatic heterocycles. The molecule has 150 valence electrons. The number of aromatic nitrogens is 3. The lowest BCUT2D eigenvalue weighted by atomic mass is 10.1. The number of halogens is 3. The minimum absolute atomic E-state index is 0.146. The van der Waals surface area contributed by atoms with Crippen LogP contribution in [-0.4, -0.2) is 27.5 Å². The maximum atomic E-state index is 12.1. The van der Waals surface area contributed by atoms with Crippen molar-refractivity contribution >= 4 is 5.91 Å². The van der Waals surface area contributed by atoms with Gasteiger partial charge >= 0.3 is 6.18 Å². The molecule has 6 nitrogen and oxygen atoms in total. The van der Waals surface area contributed by atoms with Crippen LogP contribution in [0.3, 0.4) is 0 Å². The van der Waals surface area contributed by atoms with Crippen LogP contribution in [0.5, 0.6) is 5.75 Å². The molecule has 3 heterocycles. The van der Waals surface area contributed by atoms with Gasteiger partial charge in [0.1, 0.15) is 23.5 Å². The Morgan fingerprint density at radius 2 is 1.83 bits per heavy atom. The number of ether oxygens (including phenoxy) is 1. The number of nitrogens with zero attached hydrogens (tertiary/aromatic N) is 3. The Morgan fingerprint density at radius 1 is 1.03 bits per heavy atom. The molecule has 1 aliphatic rings. The third kappa shape index (κ3) is 5.50. The maximum Gasteiger partial charge on any atom is 0.416 e. The second kappa shape index (κ2) is 9.13. The summed E-state index contributed by atoms with van der Waals surface area (Å²) < 4.78 is 40.9. The van der Waals surface area contributed by atoms with Gasteiger partial charge in [-0.15, -0.1) is 0 Å². The molecule has 3 aromatic rings. The highest BCUT2D eigenvalue weighted by Crippen LogP contribution is 2.30. The first-order valence-corrected chi connectivity index (χ1v) is 8.72. The Hall–Kier alpha value is -3.49. The van der Waals surface area contributed by atoms with Gasteiger partial charge in [-0.05, 0) is 18.2 Å². The molecule has 0 fully saturated rings. The molecule has 1 N–H and O–H groups in total. The van der Waals surface area contributed by atoms with Crippen molar-refractivity contribution in [3.05, 3.63) is 84.2 Å². The van der Waals surface area contributed by atoms with Crippen LogP contribution in [0.1, 0.15) is 34.2 Å². The lowest BCUT2D eigenvalue weighted by Crippen LogP contribution is -2.33. The molecule has 1 aromatic carbocycles. The number of hydrogen-bond acceptors (Lipinski definition) is 5. The van der Waals surface area contributed by atoms with Gasteiger partial charge in [0, 0.05) is 18.8 Å². The van der Waals surface area contributed by atoms with Crippen molar-refractivity contribution in [2.75, 3.05) is 6.61 Å². The van der Waals surface area contributed by atoms with E-state index < -0.39 is 11.7 Å². The fourth-order valence-corrected chi connectivity index (χ4v) is 2.63. The SMILES string of the molecule is FC(F)(F)c1ccccc1.O=C(NC1CCOc2cccnc21)c1ccncn1. The minimum atomic E-state index is -4.21. The Balaban J connectivity index is 0.000000204. The third-order valence-electron chi connectivity index (χ3n) is 4.01. The normalized spacial score (nSPS) is 15.2. The molecule has 0 saturated carbocycles. The average molecular weight is 402 g/mol. The molecule has 1 amide bonds. The Labute approximate surface area is 164 Å². The molecule has 9 heteroatoms. The zero-order chi connectivity index (χ0) is 20.7. The number of benzene rings is 1. The van der Waals surface area contributed by atoms with E-state index in [4.69, 9.17) is 4.74 Å². The van der Waals surface area contributed by atoms with Crippen molar-refractivity contribution in [2.45, 2.75) is 18.6 Å². The largest absolute Gasteiger partial charge is 0.491 e. The summed E-state index contributed by atoms with van der Waals surface area (Å²) in [6, 6.07) is 11.5. The predicted octanol–water partition coefficient (Wildman–Crippen LogP) is 3.83. The molecule has 2 aromatic heterocycles. The van der Waals surface area contributed by atoms with Gasteiger partial charge in [0.2, 0.25) is 0 Å². The van der Waals surface area contributed by atoms with Crippen molar-refractivity contribution in [3.8, 4) is 5.75 Å². The van der Waals surface area contributed by atoms with Crippen LogP contribution >= 0.6 is 0 Å². The smallest absolute Gasteiger partial charge is 0.416 e. The number of alkyl halides is 3. The van der Waals surface area contributed by atoms with Crippen LogP contribution in [0.4, 0.5) is 13.2 Å². The first-order chi connectivity index (χ1) is 13.9. The second-order valence-corrected chi connectivity index (χ2v) is 6.01. The molecule has 0 saturated heterocycles.